The molecule has 0 aliphatic carbocycles. The SMILES string of the molecule is CC(C)CN=C(NN)Nc1ccc(F)c(Br)c1. The van der Waals surface area contributed by atoms with Gasteiger partial charge in [0.25, 0.3) is 0 Å². The number of halogens is 2. The van der Waals surface area contributed by atoms with Gasteiger partial charge >= 0.3 is 0 Å². The maximum absolute atomic E-state index is 13.0. The third-order valence-corrected chi connectivity index (χ3v) is 2.54. The van der Waals surface area contributed by atoms with E-state index in [0.717, 1.165) is 0 Å². The summed E-state index contributed by atoms with van der Waals surface area (Å²) in [6.07, 6.45) is 0. The summed E-state index contributed by atoms with van der Waals surface area (Å²) < 4.78 is 13.4. The van der Waals surface area contributed by atoms with Crippen molar-refractivity contribution in [3.63, 3.8) is 0 Å². The quantitative estimate of drug-likeness (QED) is 0.348. The van der Waals surface area contributed by atoms with Crippen LogP contribution in [0.15, 0.2) is 27.7 Å². The van der Waals surface area contributed by atoms with Gasteiger partial charge in [0.1, 0.15) is 5.82 Å². The summed E-state index contributed by atoms with van der Waals surface area (Å²) >= 11 is 3.11. The molecule has 0 saturated carbocycles. The lowest BCUT2D eigenvalue weighted by atomic mass is 10.2. The molecule has 0 fully saturated rings. The highest BCUT2D eigenvalue weighted by atomic mass is 79.9. The first-order chi connectivity index (χ1) is 8.02. The summed E-state index contributed by atoms with van der Waals surface area (Å²) in [6, 6.07) is 4.60. The third-order valence-electron chi connectivity index (χ3n) is 1.93. The molecule has 0 unspecified atom stereocenters. The van der Waals surface area contributed by atoms with E-state index < -0.39 is 0 Å². The average molecular weight is 303 g/mol. The van der Waals surface area contributed by atoms with E-state index in [9.17, 15) is 4.39 Å². The highest BCUT2D eigenvalue weighted by Gasteiger charge is 2.02. The number of aliphatic imine (C=N–C) groups is 1. The Balaban J connectivity index is 2.73. The average Bonchev–Trinajstić information content (AvgIpc) is 2.28. The molecule has 0 spiro atoms. The van der Waals surface area contributed by atoms with Gasteiger partial charge in [-0.25, -0.2) is 10.2 Å². The van der Waals surface area contributed by atoms with Crippen LogP contribution in [-0.2, 0) is 0 Å². The maximum Gasteiger partial charge on any atom is 0.210 e. The van der Waals surface area contributed by atoms with Gasteiger partial charge in [0.05, 0.1) is 4.47 Å². The molecular formula is C11H16BrFN4. The van der Waals surface area contributed by atoms with Crippen molar-refractivity contribution in [2.24, 2.45) is 16.8 Å². The van der Waals surface area contributed by atoms with E-state index in [-0.39, 0.29) is 5.82 Å². The highest BCUT2D eigenvalue weighted by Crippen LogP contribution is 2.19. The van der Waals surface area contributed by atoms with E-state index in [2.05, 4.69) is 45.5 Å². The molecule has 0 aliphatic heterocycles. The minimum Gasteiger partial charge on any atom is -0.325 e. The van der Waals surface area contributed by atoms with Crippen molar-refractivity contribution in [1.29, 1.82) is 0 Å². The number of nitrogens with two attached hydrogens (primary N) is 1. The molecule has 17 heavy (non-hydrogen) atoms. The second kappa shape index (κ2) is 6.56. The van der Waals surface area contributed by atoms with Crippen LogP contribution in [0.3, 0.4) is 0 Å². The number of anilines is 1. The standard InChI is InChI=1S/C11H16BrFN4/c1-7(2)6-15-11(17-14)16-8-3-4-10(13)9(12)5-8/h3-5,7H,6,14H2,1-2H3,(H2,15,16,17). The normalized spacial score (nSPS) is 11.8. The maximum atomic E-state index is 13.0. The molecule has 6 heteroatoms. The number of guanidine groups is 1. The summed E-state index contributed by atoms with van der Waals surface area (Å²) in [5.74, 6) is 5.94. The number of benzene rings is 1. The van der Waals surface area contributed by atoms with Crippen LogP contribution in [0.4, 0.5) is 10.1 Å². The molecule has 0 aliphatic rings. The van der Waals surface area contributed by atoms with Gasteiger partial charge in [-0.05, 0) is 40.0 Å². The zero-order valence-electron chi connectivity index (χ0n) is 9.80. The second-order valence-corrected chi connectivity index (χ2v) is 4.84. The molecule has 0 radical (unpaired) electrons. The lowest BCUT2D eigenvalue weighted by molar-refractivity contribution is 0.621. The van der Waals surface area contributed by atoms with E-state index in [4.69, 9.17) is 5.84 Å². The Morgan fingerprint density at radius 2 is 2.24 bits per heavy atom. The molecule has 1 aromatic rings. The van der Waals surface area contributed by atoms with E-state index in [1.54, 1.807) is 12.1 Å². The number of hydrogen-bond donors (Lipinski definition) is 3. The van der Waals surface area contributed by atoms with Crippen LogP contribution in [0.5, 0.6) is 0 Å². The van der Waals surface area contributed by atoms with Crippen LogP contribution < -0.4 is 16.6 Å². The minimum atomic E-state index is -0.308. The zero-order chi connectivity index (χ0) is 12.8. The summed E-state index contributed by atoms with van der Waals surface area (Å²) in [5.41, 5.74) is 3.18. The summed E-state index contributed by atoms with van der Waals surface area (Å²) in [7, 11) is 0. The first-order valence-electron chi connectivity index (χ1n) is 5.26. The molecule has 0 aromatic heterocycles. The molecule has 1 rings (SSSR count). The molecular weight excluding hydrogens is 287 g/mol. The molecule has 94 valence electrons. The van der Waals surface area contributed by atoms with Crippen molar-refractivity contribution < 1.29 is 4.39 Å². The Bertz CT molecular complexity index is 406. The highest BCUT2D eigenvalue weighted by molar-refractivity contribution is 9.10. The Kier molecular flexibility index (Phi) is 5.37. The molecule has 4 nitrogen and oxygen atoms in total. The molecule has 0 amide bonds. The lowest BCUT2D eigenvalue weighted by Crippen LogP contribution is -2.36. The predicted molar refractivity (Wildman–Crippen MR) is 72.2 cm³/mol. The summed E-state index contributed by atoms with van der Waals surface area (Å²) in [6.45, 7) is 4.78. The number of nitrogens with zero attached hydrogens (tertiary/aromatic N) is 1. The molecule has 0 heterocycles. The van der Waals surface area contributed by atoms with Crippen LogP contribution in [-0.4, -0.2) is 12.5 Å². The zero-order valence-corrected chi connectivity index (χ0v) is 11.4. The molecule has 0 bridgehead atoms. The smallest absolute Gasteiger partial charge is 0.210 e. The van der Waals surface area contributed by atoms with Crippen molar-refractivity contribution in [3.05, 3.63) is 28.5 Å². The van der Waals surface area contributed by atoms with Gasteiger partial charge in [0.2, 0.25) is 5.96 Å². The van der Waals surface area contributed by atoms with E-state index >= 15 is 0 Å². The fraction of sp³-hybridized carbons (Fsp3) is 0.364. The lowest BCUT2D eigenvalue weighted by Gasteiger charge is -2.10. The van der Waals surface area contributed by atoms with Crippen LogP contribution in [0.2, 0.25) is 0 Å². The topological polar surface area (TPSA) is 62.4 Å². The number of rotatable bonds is 3. The van der Waals surface area contributed by atoms with Crippen LogP contribution >= 0.6 is 15.9 Å². The van der Waals surface area contributed by atoms with Gasteiger partial charge in [-0.1, -0.05) is 13.8 Å². The second-order valence-electron chi connectivity index (χ2n) is 3.98. The van der Waals surface area contributed by atoms with Crippen molar-refractivity contribution in [3.8, 4) is 0 Å². The summed E-state index contributed by atoms with van der Waals surface area (Å²) in [5, 5.41) is 2.97. The van der Waals surface area contributed by atoms with Crippen molar-refractivity contribution >= 4 is 27.6 Å². The van der Waals surface area contributed by atoms with Crippen molar-refractivity contribution in [2.45, 2.75) is 13.8 Å². The third kappa shape index (κ3) is 4.70. The van der Waals surface area contributed by atoms with Gasteiger partial charge in [-0.2, -0.15) is 0 Å². The van der Waals surface area contributed by atoms with Crippen molar-refractivity contribution in [1.82, 2.24) is 5.43 Å². The van der Waals surface area contributed by atoms with E-state index in [1.807, 2.05) is 0 Å². The monoisotopic (exact) mass is 302 g/mol. The summed E-state index contributed by atoms with van der Waals surface area (Å²) in [4.78, 5) is 4.25. The molecule has 1 aromatic carbocycles. The van der Waals surface area contributed by atoms with Gasteiger partial charge in [-0.15, -0.1) is 0 Å². The van der Waals surface area contributed by atoms with Gasteiger partial charge < -0.3 is 5.32 Å². The Morgan fingerprint density at radius 3 is 2.76 bits per heavy atom. The first kappa shape index (κ1) is 13.9. The van der Waals surface area contributed by atoms with Gasteiger partial charge in [0, 0.05) is 12.2 Å². The number of hydrogen-bond acceptors (Lipinski definition) is 2. The molecule has 4 N–H and O–H groups in total. The van der Waals surface area contributed by atoms with E-state index in [1.165, 1.54) is 6.07 Å². The van der Waals surface area contributed by atoms with Crippen molar-refractivity contribution in [2.75, 3.05) is 11.9 Å². The Labute approximate surface area is 109 Å². The first-order valence-corrected chi connectivity index (χ1v) is 6.05. The number of hydrazine groups is 1. The van der Waals surface area contributed by atoms with Crippen LogP contribution in [0, 0.1) is 11.7 Å². The Morgan fingerprint density at radius 1 is 1.53 bits per heavy atom. The molecule has 0 saturated heterocycles. The largest absolute Gasteiger partial charge is 0.325 e. The minimum absolute atomic E-state index is 0.308. The van der Waals surface area contributed by atoms with Crippen LogP contribution in [0.25, 0.3) is 0 Å². The number of nitrogens with one attached hydrogen (secondary N) is 2. The fourth-order valence-electron chi connectivity index (χ4n) is 1.11. The Hall–Kier alpha value is -1.14. The fourth-order valence-corrected chi connectivity index (χ4v) is 1.48. The van der Waals surface area contributed by atoms with Gasteiger partial charge in [-0.3, -0.25) is 10.4 Å². The van der Waals surface area contributed by atoms with Gasteiger partial charge in [0.15, 0.2) is 0 Å². The van der Waals surface area contributed by atoms with Crippen LogP contribution in [0.1, 0.15) is 13.8 Å². The van der Waals surface area contributed by atoms with E-state index in [0.29, 0.717) is 28.6 Å². The molecule has 0 atom stereocenters. The predicted octanol–water partition coefficient (Wildman–Crippen LogP) is 2.48.